The molecule has 9 heteroatoms. The highest BCUT2D eigenvalue weighted by Gasteiger charge is 2.19. The van der Waals surface area contributed by atoms with Crippen LogP contribution in [0.1, 0.15) is 12.0 Å². The molecule has 3 aromatic carbocycles. The highest BCUT2D eigenvalue weighted by molar-refractivity contribution is 6.31. The largest absolute Gasteiger partial charge is 0.326 e. The lowest BCUT2D eigenvalue weighted by molar-refractivity contribution is 0.151. The van der Waals surface area contributed by atoms with E-state index in [9.17, 15) is 8.78 Å². The summed E-state index contributed by atoms with van der Waals surface area (Å²) in [5.41, 5.74) is 1.69. The van der Waals surface area contributed by atoms with Crippen LogP contribution in [0, 0.1) is 5.82 Å². The van der Waals surface area contributed by atoms with Gasteiger partial charge in [0.25, 0.3) is 12.2 Å². The van der Waals surface area contributed by atoms with E-state index < -0.39 is 12.2 Å². The van der Waals surface area contributed by atoms with E-state index >= 15 is 4.39 Å². The van der Waals surface area contributed by atoms with Gasteiger partial charge >= 0.3 is 0 Å². The maximum Gasteiger partial charge on any atom is 0.263 e. The second-order valence-electron chi connectivity index (χ2n) is 7.22. The van der Waals surface area contributed by atoms with E-state index in [1.54, 1.807) is 52.7 Å². The highest BCUT2D eigenvalue weighted by atomic mass is 35.5. The van der Waals surface area contributed by atoms with Crippen molar-refractivity contribution in [3.8, 4) is 11.1 Å². The molecule has 0 radical (unpaired) electrons. The number of anilines is 2. The third kappa shape index (κ3) is 3.33. The third-order valence-electron chi connectivity index (χ3n) is 5.33. The van der Waals surface area contributed by atoms with Crippen molar-refractivity contribution in [3.05, 3.63) is 83.4 Å². The van der Waals surface area contributed by atoms with E-state index in [1.807, 2.05) is 0 Å². The topological polar surface area (TPSA) is 46.3 Å². The van der Waals surface area contributed by atoms with Crippen molar-refractivity contribution < 1.29 is 13.2 Å². The standard InChI is InChI=1S/C23H15ClF3N5/c1-31(22-17-10-9-15(24)11-19(17)32-12-28-30-23(32)29-22)18-4-2-3-16(20(18)25)13-5-7-14(8-6-13)21(26)27/h2-12,21H,1H3. The quantitative estimate of drug-likeness (QED) is 0.314. The fourth-order valence-corrected chi connectivity index (χ4v) is 3.87. The van der Waals surface area contributed by atoms with E-state index in [0.29, 0.717) is 27.7 Å². The molecule has 2 aromatic heterocycles. The molecule has 0 amide bonds. The monoisotopic (exact) mass is 453 g/mol. The number of alkyl halides is 2. The summed E-state index contributed by atoms with van der Waals surface area (Å²) in [6, 6.07) is 15.8. The van der Waals surface area contributed by atoms with Crippen LogP contribution in [0.4, 0.5) is 24.7 Å². The molecule has 5 rings (SSSR count). The SMILES string of the molecule is CN(c1cccc(-c2ccc(C(F)F)cc2)c1F)c1nc2nncn2c2cc(Cl)ccc12. The Balaban J connectivity index is 1.64. The minimum atomic E-state index is -2.58. The number of fused-ring (bicyclic) bond motifs is 3. The molecule has 0 atom stereocenters. The van der Waals surface area contributed by atoms with Crippen LogP contribution in [0.2, 0.25) is 5.02 Å². The molecule has 0 bridgehead atoms. The van der Waals surface area contributed by atoms with Gasteiger partial charge in [-0.2, -0.15) is 4.98 Å². The van der Waals surface area contributed by atoms with Crippen LogP contribution < -0.4 is 4.90 Å². The van der Waals surface area contributed by atoms with Gasteiger partial charge in [-0.15, -0.1) is 10.2 Å². The second-order valence-corrected chi connectivity index (χ2v) is 7.65. The molecule has 0 spiro atoms. The maximum absolute atomic E-state index is 15.6. The van der Waals surface area contributed by atoms with Crippen LogP contribution in [0.3, 0.4) is 0 Å². The van der Waals surface area contributed by atoms with Crippen LogP contribution in [0.25, 0.3) is 27.8 Å². The summed E-state index contributed by atoms with van der Waals surface area (Å²) in [7, 11) is 1.70. The number of hydrogen-bond donors (Lipinski definition) is 0. The molecule has 0 aliphatic heterocycles. The lowest BCUT2D eigenvalue weighted by Gasteiger charge is -2.22. The van der Waals surface area contributed by atoms with Crippen LogP contribution in [0.5, 0.6) is 0 Å². The third-order valence-corrected chi connectivity index (χ3v) is 5.56. The maximum atomic E-state index is 15.6. The van der Waals surface area contributed by atoms with E-state index in [0.717, 1.165) is 10.9 Å². The second kappa shape index (κ2) is 7.80. The summed E-state index contributed by atoms with van der Waals surface area (Å²) in [6.07, 6.45) is -1.04. The smallest absolute Gasteiger partial charge is 0.263 e. The lowest BCUT2D eigenvalue weighted by Crippen LogP contribution is -2.15. The Hall–Kier alpha value is -3.65. The molecule has 5 aromatic rings. The number of nitrogens with zero attached hydrogens (tertiary/aromatic N) is 5. The van der Waals surface area contributed by atoms with Crippen molar-refractivity contribution in [1.82, 2.24) is 19.6 Å². The molecule has 0 N–H and O–H groups in total. The van der Waals surface area contributed by atoms with Crippen molar-refractivity contribution in [2.75, 3.05) is 11.9 Å². The van der Waals surface area contributed by atoms with Crippen LogP contribution in [-0.4, -0.2) is 26.6 Å². The zero-order valence-electron chi connectivity index (χ0n) is 16.7. The molecule has 0 unspecified atom stereocenters. The number of hydrogen-bond acceptors (Lipinski definition) is 4. The predicted molar refractivity (Wildman–Crippen MR) is 118 cm³/mol. The summed E-state index contributed by atoms with van der Waals surface area (Å²) in [4.78, 5) is 6.19. The van der Waals surface area contributed by atoms with Gasteiger partial charge in [0.1, 0.15) is 12.1 Å². The van der Waals surface area contributed by atoms with Crippen molar-refractivity contribution in [1.29, 1.82) is 0 Å². The van der Waals surface area contributed by atoms with Gasteiger partial charge < -0.3 is 4.90 Å². The van der Waals surface area contributed by atoms with Crippen LogP contribution >= 0.6 is 11.6 Å². The minimum Gasteiger partial charge on any atom is -0.326 e. The molecule has 0 fully saturated rings. The Morgan fingerprint density at radius 2 is 1.81 bits per heavy atom. The van der Waals surface area contributed by atoms with Crippen molar-refractivity contribution in [2.45, 2.75) is 6.43 Å². The molecule has 5 nitrogen and oxygen atoms in total. The number of halogens is 4. The van der Waals surface area contributed by atoms with Gasteiger partial charge in [-0.3, -0.25) is 4.40 Å². The van der Waals surface area contributed by atoms with Gasteiger partial charge in [-0.1, -0.05) is 48.0 Å². The molecule has 160 valence electrons. The normalized spacial score (nSPS) is 11.6. The molecule has 0 saturated carbocycles. The lowest BCUT2D eigenvalue weighted by atomic mass is 10.0. The van der Waals surface area contributed by atoms with Crippen molar-refractivity contribution in [2.24, 2.45) is 0 Å². The first-order chi connectivity index (χ1) is 15.4. The zero-order valence-corrected chi connectivity index (χ0v) is 17.4. The van der Waals surface area contributed by atoms with Gasteiger partial charge in [0.05, 0.1) is 11.2 Å². The number of benzene rings is 3. The van der Waals surface area contributed by atoms with Crippen molar-refractivity contribution >= 4 is 39.8 Å². The highest BCUT2D eigenvalue weighted by Crippen LogP contribution is 2.36. The molecule has 0 aliphatic rings. The van der Waals surface area contributed by atoms with Crippen LogP contribution in [0.15, 0.2) is 67.0 Å². The van der Waals surface area contributed by atoms with E-state index in [-0.39, 0.29) is 11.3 Å². The average Bonchev–Trinajstić information content (AvgIpc) is 3.27. The first-order valence-electron chi connectivity index (χ1n) is 9.64. The minimum absolute atomic E-state index is 0.113. The van der Waals surface area contributed by atoms with E-state index in [2.05, 4.69) is 15.2 Å². The van der Waals surface area contributed by atoms with Gasteiger partial charge in [0.2, 0.25) is 0 Å². The number of aromatic nitrogens is 4. The summed E-state index contributed by atoms with van der Waals surface area (Å²) >= 11 is 6.18. The predicted octanol–water partition coefficient (Wildman–Crippen LogP) is 6.44. The summed E-state index contributed by atoms with van der Waals surface area (Å²) in [5, 5.41) is 9.20. The molecule has 32 heavy (non-hydrogen) atoms. The fraction of sp³-hybridized carbons (Fsp3) is 0.0870. The zero-order chi connectivity index (χ0) is 22.4. The average molecular weight is 454 g/mol. The Kier molecular flexibility index (Phi) is 4.94. The van der Waals surface area contributed by atoms with Crippen molar-refractivity contribution in [3.63, 3.8) is 0 Å². The molecule has 0 saturated heterocycles. The Morgan fingerprint density at radius 3 is 2.56 bits per heavy atom. The summed E-state index contributed by atoms with van der Waals surface area (Å²) in [6.45, 7) is 0. The van der Waals surface area contributed by atoms with Gasteiger partial charge in [0.15, 0.2) is 5.82 Å². The fourth-order valence-electron chi connectivity index (χ4n) is 3.70. The molecule has 2 heterocycles. The first-order valence-corrected chi connectivity index (χ1v) is 10.0. The first kappa shape index (κ1) is 20.3. The molecular formula is C23H15ClF3N5. The van der Waals surface area contributed by atoms with Gasteiger partial charge in [-0.05, 0) is 29.8 Å². The number of rotatable bonds is 4. The Morgan fingerprint density at radius 1 is 1.03 bits per heavy atom. The molecular weight excluding hydrogens is 439 g/mol. The summed E-state index contributed by atoms with van der Waals surface area (Å²) < 4.78 is 43.0. The van der Waals surface area contributed by atoms with Crippen LogP contribution in [-0.2, 0) is 0 Å². The van der Waals surface area contributed by atoms with E-state index in [1.165, 1.54) is 30.6 Å². The Labute approximate surface area is 185 Å². The van der Waals surface area contributed by atoms with Gasteiger partial charge in [0, 0.05) is 28.6 Å². The van der Waals surface area contributed by atoms with Gasteiger partial charge in [-0.25, -0.2) is 13.2 Å². The van der Waals surface area contributed by atoms with E-state index in [4.69, 9.17) is 11.6 Å². The molecule has 0 aliphatic carbocycles. The Bertz CT molecular complexity index is 1450. The summed E-state index contributed by atoms with van der Waals surface area (Å²) in [5.74, 6) is 0.326.